The van der Waals surface area contributed by atoms with Gasteiger partial charge in [0.1, 0.15) is 5.82 Å². The minimum Gasteiger partial charge on any atom is -0.493 e. The lowest BCUT2D eigenvalue weighted by Gasteiger charge is -2.32. The number of carbonyl (C=O) groups is 1. The number of aromatic nitrogens is 1. The van der Waals surface area contributed by atoms with Crippen LogP contribution in [0.3, 0.4) is 0 Å². The third-order valence-electron chi connectivity index (χ3n) is 6.32. The highest BCUT2D eigenvalue weighted by molar-refractivity contribution is 5.97. The van der Waals surface area contributed by atoms with Gasteiger partial charge in [0.15, 0.2) is 11.5 Å². The molecule has 0 radical (unpaired) electrons. The van der Waals surface area contributed by atoms with Crippen molar-refractivity contribution in [2.24, 2.45) is 0 Å². The third kappa shape index (κ3) is 2.77. The number of H-pyrrole nitrogens is 1. The van der Waals surface area contributed by atoms with E-state index in [1.807, 2.05) is 23.2 Å². The summed E-state index contributed by atoms with van der Waals surface area (Å²) in [4.78, 5) is 18.6. The smallest absolute Gasteiger partial charge is 0.233 e. The van der Waals surface area contributed by atoms with Gasteiger partial charge in [-0.1, -0.05) is 0 Å². The van der Waals surface area contributed by atoms with Crippen molar-refractivity contribution >= 4 is 16.8 Å². The molecular formula is C23H23FN2O3. The Morgan fingerprint density at radius 1 is 1.10 bits per heavy atom. The maximum Gasteiger partial charge on any atom is 0.233 e. The first-order chi connectivity index (χ1) is 14.1. The molecule has 5 nitrogen and oxygen atoms in total. The summed E-state index contributed by atoms with van der Waals surface area (Å²) in [7, 11) is 3.25. The number of ether oxygens (including phenoxy) is 2. The molecule has 1 aromatic heterocycles. The molecule has 0 saturated heterocycles. The van der Waals surface area contributed by atoms with E-state index in [0.29, 0.717) is 18.8 Å². The van der Waals surface area contributed by atoms with Crippen molar-refractivity contribution in [1.29, 1.82) is 0 Å². The van der Waals surface area contributed by atoms with Gasteiger partial charge in [-0.15, -0.1) is 0 Å². The molecule has 0 bridgehead atoms. The number of nitrogens with one attached hydrogen (secondary N) is 1. The number of nitrogens with zero attached hydrogens (tertiary/aromatic N) is 1. The van der Waals surface area contributed by atoms with Gasteiger partial charge in [0.2, 0.25) is 5.91 Å². The highest BCUT2D eigenvalue weighted by atomic mass is 19.1. The quantitative estimate of drug-likeness (QED) is 0.729. The first-order valence-electron chi connectivity index (χ1n) is 9.86. The monoisotopic (exact) mass is 394 g/mol. The summed E-state index contributed by atoms with van der Waals surface area (Å²) in [6, 6.07) is 8.69. The second-order valence-electron chi connectivity index (χ2n) is 7.93. The standard InChI is InChI=1S/C23H23FN2O3/c1-28-20-9-14-5-8-26(13-15(14)10-21(20)29-2)22(27)23(6-7-23)18-12-25-19-11-16(24)3-4-17(18)19/h3-4,9-12,25H,5-8,13H2,1-2H3. The number of fused-ring (bicyclic) bond motifs is 2. The first kappa shape index (κ1) is 18.0. The Labute approximate surface area is 168 Å². The molecule has 29 heavy (non-hydrogen) atoms. The van der Waals surface area contributed by atoms with E-state index in [0.717, 1.165) is 47.0 Å². The molecule has 0 spiro atoms. The van der Waals surface area contributed by atoms with E-state index in [9.17, 15) is 9.18 Å². The number of carbonyl (C=O) groups excluding carboxylic acids is 1. The average molecular weight is 394 g/mol. The minimum absolute atomic E-state index is 0.156. The third-order valence-corrected chi connectivity index (χ3v) is 6.32. The molecule has 0 atom stereocenters. The number of methoxy groups -OCH3 is 2. The number of hydrogen-bond acceptors (Lipinski definition) is 3. The van der Waals surface area contributed by atoms with Crippen molar-refractivity contribution < 1.29 is 18.7 Å². The maximum atomic E-state index is 13.6. The molecule has 5 rings (SSSR count). The molecule has 1 aliphatic carbocycles. The molecule has 3 aromatic rings. The normalized spacial score (nSPS) is 17.1. The number of amides is 1. The fraction of sp³-hybridized carbons (Fsp3) is 0.348. The molecule has 2 heterocycles. The SMILES string of the molecule is COc1cc2c(cc1OC)CN(C(=O)C1(c3c[nH]c4cc(F)ccc34)CC1)CC2. The number of aromatic amines is 1. The van der Waals surface area contributed by atoms with Crippen LogP contribution in [-0.4, -0.2) is 36.6 Å². The van der Waals surface area contributed by atoms with E-state index in [1.54, 1.807) is 20.3 Å². The van der Waals surface area contributed by atoms with Crippen LogP contribution in [0, 0.1) is 5.82 Å². The largest absolute Gasteiger partial charge is 0.493 e. The van der Waals surface area contributed by atoms with E-state index in [2.05, 4.69) is 4.98 Å². The van der Waals surface area contributed by atoms with Crippen molar-refractivity contribution in [2.75, 3.05) is 20.8 Å². The summed E-state index contributed by atoms with van der Waals surface area (Å²) in [5.41, 5.74) is 3.51. The van der Waals surface area contributed by atoms with Crippen LogP contribution in [0.2, 0.25) is 0 Å². The topological polar surface area (TPSA) is 54.6 Å². The Bertz CT molecular complexity index is 1120. The Hall–Kier alpha value is -3.02. The number of rotatable bonds is 4. The summed E-state index contributed by atoms with van der Waals surface area (Å²) in [6.45, 7) is 1.24. The Morgan fingerprint density at radius 3 is 2.52 bits per heavy atom. The van der Waals surface area contributed by atoms with E-state index in [1.165, 1.54) is 17.7 Å². The van der Waals surface area contributed by atoms with Crippen molar-refractivity contribution in [3.05, 3.63) is 59.0 Å². The molecule has 1 aliphatic heterocycles. The van der Waals surface area contributed by atoms with Crippen LogP contribution in [0.15, 0.2) is 36.5 Å². The van der Waals surface area contributed by atoms with Gasteiger partial charge >= 0.3 is 0 Å². The van der Waals surface area contributed by atoms with Gasteiger partial charge in [-0.2, -0.15) is 0 Å². The van der Waals surface area contributed by atoms with Crippen LogP contribution in [0.25, 0.3) is 10.9 Å². The molecule has 1 fully saturated rings. The van der Waals surface area contributed by atoms with E-state index in [-0.39, 0.29) is 11.7 Å². The van der Waals surface area contributed by atoms with E-state index in [4.69, 9.17) is 9.47 Å². The predicted molar refractivity (Wildman–Crippen MR) is 108 cm³/mol. The van der Waals surface area contributed by atoms with Crippen LogP contribution in [-0.2, 0) is 23.2 Å². The molecule has 2 aliphatic rings. The van der Waals surface area contributed by atoms with Crippen molar-refractivity contribution in [3.8, 4) is 11.5 Å². The fourth-order valence-electron chi connectivity index (χ4n) is 4.58. The van der Waals surface area contributed by atoms with Gasteiger partial charge in [0.05, 0.1) is 19.6 Å². The van der Waals surface area contributed by atoms with Crippen LogP contribution >= 0.6 is 0 Å². The summed E-state index contributed by atoms with van der Waals surface area (Å²) in [5.74, 6) is 1.28. The summed E-state index contributed by atoms with van der Waals surface area (Å²) in [6.07, 6.45) is 4.31. The number of benzene rings is 2. The predicted octanol–water partition coefficient (Wildman–Crippen LogP) is 3.94. The summed E-state index contributed by atoms with van der Waals surface area (Å²) < 4.78 is 24.4. The van der Waals surface area contributed by atoms with Crippen molar-refractivity contribution in [1.82, 2.24) is 9.88 Å². The zero-order valence-electron chi connectivity index (χ0n) is 16.5. The maximum absolute atomic E-state index is 13.6. The lowest BCUT2D eigenvalue weighted by Crippen LogP contribution is -2.42. The fourth-order valence-corrected chi connectivity index (χ4v) is 4.58. The van der Waals surface area contributed by atoms with Gasteiger partial charge in [-0.25, -0.2) is 4.39 Å². The van der Waals surface area contributed by atoms with Gasteiger partial charge in [0.25, 0.3) is 0 Å². The lowest BCUT2D eigenvalue weighted by atomic mass is 9.91. The molecule has 1 amide bonds. The Kier molecular flexibility index (Phi) is 4.05. The minimum atomic E-state index is -0.496. The molecule has 1 N–H and O–H groups in total. The zero-order chi connectivity index (χ0) is 20.2. The lowest BCUT2D eigenvalue weighted by molar-refractivity contribution is -0.134. The second-order valence-corrected chi connectivity index (χ2v) is 7.93. The highest BCUT2D eigenvalue weighted by Gasteiger charge is 2.54. The van der Waals surface area contributed by atoms with Crippen molar-refractivity contribution in [3.63, 3.8) is 0 Å². The van der Waals surface area contributed by atoms with Crippen molar-refractivity contribution in [2.45, 2.75) is 31.2 Å². The highest BCUT2D eigenvalue weighted by Crippen LogP contribution is 2.52. The van der Waals surface area contributed by atoms with Gasteiger partial charge < -0.3 is 19.4 Å². The average Bonchev–Trinajstić information content (AvgIpc) is 3.44. The van der Waals surface area contributed by atoms with Crippen LogP contribution in [0.1, 0.15) is 29.5 Å². The van der Waals surface area contributed by atoms with Crippen LogP contribution in [0.4, 0.5) is 4.39 Å². The summed E-state index contributed by atoms with van der Waals surface area (Å²) >= 11 is 0. The Balaban J connectivity index is 1.45. The number of halogens is 1. The molecule has 2 aromatic carbocycles. The van der Waals surface area contributed by atoms with Crippen LogP contribution < -0.4 is 9.47 Å². The van der Waals surface area contributed by atoms with Gasteiger partial charge in [-0.3, -0.25) is 4.79 Å². The van der Waals surface area contributed by atoms with Gasteiger partial charge in [-0.05, 0) is 66.3 Å². The second kappa shape index (κ2) is 6.51. The zero-order valence-corrected chi connectivity index (χ0v) is 16.5. The van der Waals surface area contributed by atoms with E-state index < -0.39 is 5.41 Å². The molecule has 6 heteroatoms. The molecule has 150 valence electrons. The van der Waals surface area contributed by atoms with E-state index >= 15 is 0 Å². The van der Waals surface area contributed by atoms with Crippen LogP contribution in [0.5, 0.6) is 11.5 Å². The first-order valence-corrected chi connectivity index (χ1v) is 9.86. The molecule has 1 saturated carbocycles. The van der Waals surface area contributed by atoms with Gasteiger partial charge in [0, 0.05) is 30.2 Å². The Morgan fingerprint density at radius 2 is 1.83 bits per heavy atom. The number of hydrogen-bond donors (Lipinski definition) is 1. The molecule has 0 unspecified atom stereocenters. The summed E-state index contributed by atoms with van der Waals surface area (Å²) in [5, 5.41) is 0.932. The molecular weight excluding hydrogens is 371 g/mol.